The van der Waals surface area contributed by atoms with Crippen molar-refractivity contribution in [3.63, 3.8) is 0 Å². The van der Waals surface area contributed by atoms with Crippen LogP contribution in [0.4, 0.5) is 11.4 Å². The van der Waals surface area contributed by atoms with Gasteiger partial charge in [-0.25, -0.2) is 4.79 Å². The molecule has 0 aliphatic carbocycles. The first kappa shape index (κ1) is 19.0. The summed E-state index contributed by atoms with van der Waals surface area (Å²) >= 11 is 0. The largest absolute Gasteiger partial charge is 0.465 e. The lowest BCUT2D eigenvalue weighted by Crippen LogP contribution is -2.22. The number of hydrogen-bond donors (Lipinski definition) is 2. The Bertz CT molecular complexity index is 940. The molecule has 0 heterocycles. The molecule has 6 nitrogen and oxygen atoms in total. The van der Waals surface area contributed by atoms with Crippen LogP contribution in [0.25, 0.3) is 0 Å². The molecule has 0 fully saturated rings. The van der Waals surface area contributed by atoms with Crippen LogP contribution in [0.2, 0.25) is 0 Å². The van der Waals surface area contributed by atoms with Crippen LogP contribution in [0.3, 0.4) is 0 Å². The van der Waals surface area contributed by atoms with E-state index < -0.39 is 5.97 Å². The highest BCUT2D eigenvalue weighted by atomic mass is 16.5. The van der Waals surface area contributed by atoms with Crippen LogP contribution < -0.4 is 15.4 Å². The van der Waals surface area contributed by atoms with Crippen molar-refractivity contribution in [1.29, 1.82) is 0 Å². The van der Waals surface area contributed by atoms with Crippen molar-refractivity contribution in [3.05, 3.63) is 84.4 Å². The highest BCUT2D eigenvalue weighted by molar-refractivity contribution is 5.95. The minimum atomic E-state index is -0.422. The summed E-state index contributed by atoms with van der Waals surface area (Å²) in [5.41, 5.74) is 1.72. The molecule has 0 saturated carbocycles. The summed E-state index contributed by atoms with van der Waals surface area (Å²) in [6.45, 7) is 0.0634. The first-order valence-corrected chi connectivity index (χ1v) is 8.70. The number of carbonyl (C=O) groups is 2. The van der Waals surface area contributed by atoms with E-state index in [-0.39, 0.29) is 12.5 Å². The maximum atomic E-state index is 12.2. The molecule has 1 amide bonds. The van der Waals surface area contributed by atoms with Gasteiger partial charge in [0, 0.05) is 5.69 Å². The Kier molecular flexibility index (Phi) is 6.25. The third-order valence-electron chi connectivity index (χ3n) is 3.89. The minimum Gasteiger partial charge on any atom is -0.465 e. The van der Waals surface area contributed by atoms with Gasteiger partial charge in [-0.3, -0.25) is 4.79 Å². The molecule has 3 rings (SSSR count). The molecule has 0 bridgehead atoms. The van der Waals surface area contributed by atoms with Gasteiger partial charge in [-0.1, -0.05) is 30.3 Å². The molecule has 0 aliphatic heterocycles. The lowest BCUT2D eigenvalue weighted by Gasteiger charge is -2.13. The number of ether oxygens (including phenoxy) is 2. The predicted octanol–water partition coefficient (Wildman–Crippen LogP) is 4.32. The average Bonchev–Trinajstić information content (AvgIpc) is 2.74. The molecule has 0 saturated heterocycles. The van der Waals surface area contributed by atoms with Gasteiger partial charge in [0.2, 0.25) is 5.91 Å². The number of rotatable bonds is 7. The fraction of sp³-hybridized carbons (Fsp3) is 0.0909. The highest BCUT2D eigenvalue weighted by Gasteiger charge is 2.08. The first-order chi connectivity index (χ1) is 13.7. The summed E-state index contributed by atoms with van der Waals surface area (Å²) in [6.07, 6.45) is 0. The number of nitrogens with one attached hydrogen (secondary N) is 2. The van der Waals surface area contributed by atoms with E-state index in [1.807, 2.05) is 54.6 Å². The second-order valence-electron chi connectivity index (χ2n) is 5.88. The number of benzene rings is 3. The monoisotopic (exact) mass is 376 g/mol. The number of anilines is 2. The number of methoxy groups -OCH3 is 1. The van der Waals surface area contributed by atoms with Gasteiger partial charge in [0.1, 0.15) is 5.75 Å². The molecular weight excluding hydrogens is 356 g/mol. The Balaban J connectivity index is 1.58. The fourth-order valence-corrected chi connectivity index (χ4v) is 2.51. The van der Waals surface area contributed by atoms with Crippen molar-refractivity contribution in [1.82, 2.24) is 0 Å². The van der Waals surface area contributed by atoms with E-state index in [1.165, 1.54) is 7.11 Å². The van der Waals surface area contributed by atoms with Gasteiger partial charge in [-0.15, -0.1) is 0 Å². The molecule has 3 aromatic carbocycles. The van der Waals surface area contributed by atoms with Crippen LogP contribution in [0.1, 0.15) is 10.4 Å². The molecule has 0 unspecified atom stereocenters. The van der Waals surface area contributed by atoms with Crippen molar-refractivity contribution in [2.45, 2.75) is 0 Å². The molecule has 28 heavy (non-hydrogen) atoms. The minimum absolute atomic E-state index is 0.0634. The lowest BCUT2D eigenvalue weighted by atomic mass is 10.2. The van der Waals surface area contributed by atoms with Crippen LogP contribution in [0.15, 0.2) is 78.9 Å². The zero-order chi connectivity index (χ0) is 19.8. The Hall–Kier alpha value is -3.80. The normalized spacial score (nSPS) is 10.0. The Morgan fingerprint density at radius 3 is 2.25 bits per heavy atom. The van der Waals surface area contributed by atoms with Crippen LogP contribution >= 0.6 is 0 Å². The van der Waals surface area contributed by atoms with E-state index in [0.717, 1.165) is 0 Å². The molecule has 0 aromatic heterocycles. The molecule has 0 aliphatic rings. The third-order valence-corrected chi connectivity index (χ3v) is 3.89. The molecule has 6 heteroatoms. The molecule has 3 aromatic rings. The Labute approximate surface area is 163 Å². The van der Waals surface area contributed by atoms with Gasteiger partial charge in [-0.2, -0.15) is 0 Å². The topological polar surface area (TPSA) is 76.7 Å². The molecule has 0 atom stereocenters. The summed E-state index contributed by atoms with van der Waals surface area (Å²) in [4.78, 5) is 23.7. The summed E-state index contributed by atoms with van der Waals surface area (Å²) in [5, 5.41) is 5.85. The van der Waals surface area contributed by atoms with E-state index in [1.54, 1.807) is 24.3 Å². The Morgan fingerprint density at radius 1 is 0.857 bits per heavy atom. The predicted molar refractivity (Wildman–Crippen MR) is 108 cm³/mol. The third kappa shape index (κ3) is 5.11. The molecule has 2 N–H and O–H groups in total. The smallest absolute Gasteiger partial charge is 0.337 e. The van der Waals surface area contributed by atoms with Crippen LogP contribution in [0.5, 0.6) is 11.5 Å². The SMILES string of the molecule is COC(=O)c1ccc(NC(=O)CNc2ccccc2Oc2ccccc2)cc1. The van der Waals surface area contributed by atoms with Gasteiger partial charge < -0.3 is 20.1 Å². The van der Waals surface area contributed by atoms with E-state index in [4.69, 9.17) is 4.74 Å². The van der Waals surface area contributed by atoms with Crippen molar-refractivity contribution >= 4 is 23.3 Å². The van der Waals surface area contributed by atoms with Crippen LogP contribution in [0, 0.1) is 0 Å². The van der Waals surface area contributed by atoms with E-state index in [9.17, 15) is 9.59 Å². The highest BCUT2D eigenvalue weighted by Crippen LogP contribution is 2.28. The number of amides is 1. The summed E-state index contributed by atoms with van der Waals surface area (Å²) < 4.78 is 10.5. The standard InChI is InChI=1S/C22H20N2O4/c1-27-22(26)16-11-13-17(14-12-16)24-21(25)15-23-19-9-5-6-10-20(19)28-18-7-3-2-4-8-18/h2-14,23H,15H2,1H3,(H,24,25). The zero-order valence-corrected chi connectivity index (χ0v) is 15.3. The summed E-state index contributed by atoms with van der Waals surface area (Å²) in [6, 6.07) is 23.3. The summed E-state index contributed by atoms with van der Waals surface area (Å²) in [7, 11) is 1.32. The van der Waals surface area contributed by atoms with E-state index in [0.29, 0.717) is 28.4 Å². The quantitative estimate of drug-likeness (QED) is 0.601. The summed E-state index contributed by atoms with van der Waals surface area (Å²) in [5.74, 6) is 0.700. The van der Waals surface area contributed by atoms with Gasteiger partial charge >= 0.3 is 5.97 Å². The molecule has 0 spiro atoms. The van der Waals surface area contributed by atoms with Crippen molar-refractivity contribution < 1.29 is 19.1 Å². The zero-order valence-electron chi connectivity index (χ0n) is 15.3. The van der Waals surface area contributed by atoms with Crippen LogP contribution in [-0.2, 0) is 9.53 Å². The first-order valence-electron chi connectivity index (χ1n) is 8.70. The second kappa shape index (κ2) is 9.23. The number of hydrogen-bond acceptors (Lipinski definition) is 5. The van der Waals surface area contributed by atoms with Crippen molar-refractivity contribution in [2.24, 2.45) is 0 Å². The number of para-hydroxylation sites is 3. The van der Waals surface area contributed by atoms with Crippen LogP contribution in [-0.4, -0.2) is 25.5 Å². The van der Waals surface area contributed by atoms with Gasteiger partial charge in [0.05, 0.1) is 24.9 Å². The lowest BCUT2D eigenvalue weighted by molar-refractivity contribution is -0.114. The maximum absolute atomic E-state index is 12.2. The van der Waals surface area contributed by atoms with E-state index >= 15 is 0 Å². The van der Waals surface area contributed by atoms with Crippen molar-refractivity contribution in [3.8, 4) is 11.5 Å². The molecule has 142 valence electrons. The van der Waals surface area contributed by atoms with Gasteiger partial charge in [0.25, 0.3) is 0 Å². The van der Waals surface area contributed by atoms with E-state index in [2.05, 4.69) is 15.4 Å². The van der Waals surface area contributed by atoms with Gasteiger partial charge in [-0.05, 0) is 48.5 Å². The fourth-order valence-electron chi connectivity index (χ4n) is 2.51. The number of esters is 1. The average molecular weight is 376 g/mol. The maximum Gasteiger partial charge on any atom is 0.337 e. The van der Waals surface area contributed by atoms with Crippen molar-refractivity contribution in [2.75, 3.05) is 24.3 Å². The number of carbonyl (C=O) groups excluding carboxylic acids is 2. The molecule has 0 radical (unpaired) electrons. The Morgan fingerprint density at radius 2 is 1.54 bits per heavy atom. The van der Waals surface area contributed by atoms with Gasteiger partial charge in [0.15, 0.2) is 5.75 Å². The molecular formula is C22H20N2O4. The second-order valence-corrected chi connectivity index (χ2v) is 5.88.